The van der Waals surface area contributed by atoms with Crippen molar-refractivity contribution >= 4 is 5.91 Å². The molecule has 1 N–H and O–H groups in total. The first-order valence-corrected chi connectivity index (χ1v) is 7.59. The van der Waals surface area contributed by atoms with Crippen LogP contribution in [0.15, 0.2) is 23.1 Å². The van der Waals surface area contributed by atoms with Crippen molar-refractivity contribution in [3.63, 3.8) is 0 Å². The molecule has 1 saturated heterocycles. The molecule has 0 bridgehead atoms. The second kappa shape index (κ2) is 6.43. The van der Waals surface area contributed by atoms with Crippen LogP contribution in [0.1, 0.15) is 43.0 Å². The van der Waals surface area contributed by atoms with Gasteiger partial charge in [-0.3, -0.25) is 9.59 Å². The summed E-state index contributed by atoms with van der Waals surface area (Å²) in [6, 6.07) is 3.30. The van der Waals surface area contributed by atoms with E-state index in [2.05, 4.69) is 6.92 Å². The number of carbonyl (C=O) groups is 1. The second-order valence-electron chi connectivity index (χ2n) is 6.08. The smallest absolute Gasteiger partial charge is 0.263 e. The monoisotopic (exact) mass is 292 g/mol. The van der Waals surface area contributed by atoms with E-state index in [0.29, 0.717) is 13.1 Å². The molecule has 1 aliphatic rings. The largest absolute Gasteiger partial charge is 0.396 e. The van der Waals surface area contributed by atoms with Crippen LogP contribution in [-0.2, 0) is 7.05 Å². The lowest BCUT2D eigenvalue weighted by molar-refractivity contribution is 0.0221. The predicted molar refractivity (Wildman–Crippen MR) is 81.2 cm³/mol. The minimum Gasteiger partial charge on any atom is -0.396 e. The number of aromatic nitrogens is 1. The molecule has 0 aromatic carbocycles. The van der Waals surface area contributed by atoms with Gasteiger partial charge in [0.2, 0.25) is 0 Å². The number of aliphatic hydroxyl groups excluding tert-OH is 1. The van der Waals surface area contributed by atoms with Gasteiger partial charge in [-0.2, -0.15) is 0 Å². The fourth-order valence-corrected chi connectivity index (χ4v) is 3.25. The maximum atomic E-state index is 12.6. The maximum absolute atomic E-state index is 12.6. The number of hydrogen-bond donors (Lipinski definition) is 1. The third-order valence-corrected chi connectivity index (χ3v) is 4.42. The molecule has 1 aliphatic heterocycles. The molecular formula is C16H24N2O3. The van der Waals surface area contributed by atoms with Crippen LogP contribution in [0.3, 0.4) is 0 Å². The van der Waals surface area contributed by atoms with Gasteiger partial charge in [0.1, 0.15) is 5.56 Å². The number of likely N-dealkylation sites (tertiary alicyclic amines) is 1. The highest BCUT2D eigenvalue weighted by atomic mass is 16.3. The molecule has 1 fully saturated rings. The van der Waals surface area contributed by atoms with Gasteiger partial charge in [0, 0.05) is 31.7 Å². The number of pyridine rings is 1. The number of carbonyl (C=O) groups excluding carboxylic acids is 1. The van der Waals surface area contributed by atoms with E-state index in [0.717, 1.165) is 25.7 Å². The van der Waals surface area contributed by atoms with Crippen molar-refractivity contribution in [2.24, 2.45) is 12.5 Å². The van der Waals surface area contributed by atoms with Crippen molar-refractivity contribution in [3.05, 3.63) is 34.2 Å². The lowest BCUT2D eigenvalue weighted by Gasteiger charge is -2.41. The molecule has 0 spiro atoms. The quantitative estimate of drug-likeness (QED) is 0.912. The normalized spacial score (nSPS) is 22.3. The molecule has 0 saturated carbocycles. The number of amides is 1. The van der Waals surface area contributed by atoms with Crippen LogP contribution in [0, 0.1) is 5.41 Å². The predicted octanol–water partition coefficient (Wildman–Crippen LogP) is 1.40. The van der Waals surface area contributed by atoms with Crippen molar-refractivity contribution in [3.8, 4) is 0 Å². The Morgan fingerprint density at radius 3 is 2.90 bits per heavy atom. The summed E-state index contributed by atoms with van der Waals surface area (Å²) in [6.07, 6.45) is 5.34. The van der Waals surface area contributed by atoms with E-state index in [9.17, 15) is 14.7 Å². The molecule has 2 heterocycles. The maximum Gasteiger partial charge on any atom is 0.263 e. The number of aryl methyl sites for hydroxylation is 1. The fourth-order valence-electron chi connectivity index (χ4n) is 3.25. The van der Waals surface area contributed by atoms with Crippen LogP contribution in [0.5, 0.6) is 0 Å². The summed E-state index contributed by atoms with van der Waals surface area (Å²) in [5.74, 6) is -0.218. The van der Waals surface area contributed by atoms with Gasteiger partial charge >= 0.3 is 0 Å². The Labute approximate surface area is 125 Å². The van der Waals surface area contributed by atoms with Crippen LogP contribution in [0.25, 0.3) is 0 Å². The molecule has 0 unspecified atom stereocenters. The molecule has 0 aliphatic carbocycles. The molecule has 5 nitrogen and oxygen atoms in total. The zero-order valence-corrected chi connectivity index (χ0v) is 12.8. The second-order valence-corrected chi connectivity index (χ2v) is 6.08. The van der Waals surface area contributed by atoms with Gasteiger partial charge in [0.25, 0.3) is 11.5 Å². The Kier molecular flexibility index (Phi) is 4.83. The molecule has 1 aromatic heterocycles. The first-order chi connectivity index (χ1) is 10.0. The summed E-state index contributed by atoms with van der Waals surface area (Å²) in [7, 11) is 1.64. The van der Waals surface area contributed by atoms with Crippen LogP contribution < -0.4 is 5.56 Å². The molecule has 1 aromatic rings. The Morgan fingerprint density at radius 1 is 1.48 bits per heavy atom. The number of hydrogen-bond acceptors (Lipinski definition) is 3. The molecular weight excluding hydrogens is 268 g/mol. The third-order valence-electron chi connectivity index (χ3n) is 4.42. The Bertz CT molecular complexity index is 563. The van der Waals surface area contributed by atoms with E-state index in [4.69, 9.17) is 0 Å². The summed E-state index contributed by atoms with van der Waals surface area (Å²) in [5, 5.41) is 9.74. The van der Waals surface area contributed by atoms with Gasteiger partial charge in [0.15, 0.2) is 0 Å². The number of rotatable bonds is 4. The van der Waals surface area contributed by atoms with Crippen molar-refractivity contribution in [2.45, 2.75) is 32.6 Å². The van der Waals surface area contributed by atoms with Crippen molar-refractivity contribution in [2.75, 3.05) is 19.7 Å². The molecule has 1 atom stereocenters. The van der Waals surface area contributed by atoms with Gasteiger partial charge < -0.3 is 14.6 Å². The lowest BCUT2D eigenvalue weighted by Crippen LogP contribution is -2.49. The summed E-state index contributed by atoms with van der Waals surface area (Å²) >= 11 is 0. The van der Waals surface area contributed by atoms with Crippen molar-refractivity contribution in [1.29, 1.82) is 0 Å². The van der Waals surface area contributed by atoms with Gasteiger partial charge in [-0.15, -0.1) is 0 Å². The van der Waals surface area contributed by atoms with Crippen molar-refractivity contribution in [1.82, 2.24) is 9.47 Å². The summed E-state index contributed by atoms with van der Waals surface area (Å²) in [4.78, 5) is 26.4. The van der Waals surface area contributed by atoms with Gasteiger partial charge in [-0.1, -0.05) is 13.3 Å². The molecule has 116 valence electrons. The van der Waals surface area contributed by atoms with Gasteiger partial charge in [-0.05, 0) is 31.4 Å². The summed E-state index contributed by atoms with van der Waals surface area (Å²) in [6.45, 7) is 3.37. The van der Waals surface area contributed by atoms with E-state index >= 15 is 0 Å². The Hall–Kier alpha value is -1.62. The zero-order chi connectivity index (χ0) is 15.5. The minimum absolute atomic E-state index is 0.0947. The van der Waals surface area contributed by atoms with Crippen LogP contribution >= 0.6 is 0 Å². The Morgan fingerprint density at radius 2 is 2.24 bits per heavy atom. The van der Waals surface area contributed by atoms with Crippen LogP contribution in [-0.4, -0.2) is 40.2 Å². The molecule has 1 amide bonds. The lowest BCUT2D eigenvalue weighted by atomic mass is 9.77. The number of aliphatic hydroxyl groups is 1. The van der Waals surface area contributed by atoms with E-state index < -0.39 is 0 Å². The average molecular weight is 292 g/mol. The van der Waals surface area contributed by atoms with E-state index in [1.807, 2.05) is 0 Å². The molecule has 2 rings (SSSR count). The number of piperidine rings is 1. The van der Waals surface area contributed by atoms with E-state index in [1.54, 1.807) is 30.3 Å². The highest BCUT2D eigenvalue weighted by Crippen LogP contribution is 2.34. The van der Waals surface area contributed by atoms with E-state index in [-0.39, 0.29) is 29.1 Å². The zero-order valence-electron chi connectivity index (χ0n) is 12.8. The third kappa shape index (κ3) is 3.18. The molecule has 5 heteroatoms. The van der Waals surface area contributed by atoms with Gasteiger partial charge in [-0.25, -0.2) is 0 Å². The van der Waals surface area contributed by atoms with Crippen LogP contribution in [0.2, 0.25) is 0 Å². The minimum atomic E-state index is -0.266. The number of nitrogens with zero attached hydrogens (tertiary/aromatic N) is 2. The molecule has 0 radical (unpaired) electrons. The Balaban J connectivity index is 2.23. The summed E-state index contributed by atoms with van der Waals surface area (Å²) in [5.41, 5.74) is -0.258. The first kappa shape index (κ1) is 15.8. The SMILES string of the molecule is CCC[C@@]1(CO)CCCN(C(=O)c2cccn(C)c2=O)C1. The standard InChI is InChI=1S/C16H24N2O3/c1-3-7-16(12-19)8-5-10-18(11-16)15(21)13-6-4-9-17(2)14(13)20/h4,6,9,19H,3,5,7-8,10-12H2,1-2H3/t16-/m1/s1. The van der Waals surface area contributed by atoms with Gasteiger partial charge in [0.05, 0.1) is 6.61 Å². The van der Waals surface area contributed by atoms with Crippen molar-refractivity contribution < 1.29 is 9.90 Å². The fraction of sp³-hybridized carbons (Fsp3) is 0.625. The topological polar surface area (TPSA) is 62.5 Å². The highest BCUT2D eigenvalue weighted by Gasteiger charge is 2.36. The van der Waals surface area contributed by atoms with E-state index in [1.165, 1.54) is 4.57 Å². The summed E-state index contributed by atoms with van der Waals surface area (Å²) < 4.78 is 1.42. The molecule has 21 heavy (non-hydrogen) atoms. The first-order valence-electron chi connectivity index (χ1n) is 7.59. The highest BCUT2D eigenvalue weighted by molar-refractivity contribution is 5.93. The average Bonchev–Trinajstić information content (AvgIpc) is 2.50. The van der Waals surface area contributed by atoms with Crippen LogP contribution in [0.4, 0.5) is 0 Å².